The fourth-order valence-electron chi connectivity index (χ4n) is 1.92. The van der Waals surface area contributed by atoms with Gasteiger partial charge in [0.1, 0.15) is 5.76 Å². The van der Waals surface area contributed by atoms with E-state index in [2.05, 4.69) is 20.8 Å². The zero-order valence-corrected chi connectivity index (χ0v) is 11.7. The van der Waals surface area contributed by atoms with E-state index in [1.807, 2.05) is 23.9 Å². The van der Waals surface area contributed by atoms with Crippen molar-refractivity contribution >= 4 is 33.7 Å². The Morgan fingerprint density at radius 2 is 2.47 bits per heavy atom. The molecule has 94 valence electrons. The summed E-state index contributed by atoms with van der Waals surface area (Å²) < 4.78 is 6.18. The van der Waals surface area contributed by atoms with Gasteiger partial charge in [-0.15, -0.1) is 0 Å². The number of carbonyl (C=O) groups is 1. The zero-order valence-electron chi connectivity index (χ0n) is 9.26. The Labute approximate surface area is 112 Å². The van der Waals surface area contributed by atoms with Crippen LogP contribution in [0.15, 0.2) is 21.2 Å². The molecular weight excluding hydrogens is 306 g/mol. The van der Waals surface area contributed by atoms with E-state index >= 15 is 0 Å². The van der Waals surface area contributed by atoms with Crippen molar-refractivity contribution in [2.45, 2.75) is 19.0 Å². The normalized spacial score (nSPS) is 21.6. The molecular formula is C11H14BrNO3S. The third-order valence-electron chi connectivity index (χ3n) is 2.75. The van der Waals surface area contributed by atoms with Crippen LogP contribution in [0.25, 0.3) is 0 Å². The minimum atomic E-state index is -0.733. The number of aliphatic carboxylic acids is 1. The molecule has 1 aliphatic heterocycles. The molecule has 2 rings (SSSR count). The smallest absolute Gasteiger partial charge is 0.304 e. The third-order valence-corrected chi connectivity index (χ3v) is 4.27. The summed E-state index contributed by atoms with van der Waals surface area (Å²) >= 11 is 5.09. The summed E-state index contributed by atoms with van der Waals surface area (Å²) in [4.78, 5) is 13.0. The maximum absolute atomic E-state index is 10.8. The first kappa shape index (κ1) is 13.0. The maximum Gasteiger partial charge on any atom is 0.304 e. The first-order chi connectivity index (χ1) is 8.15. The van der Waals surface area contributed by atoms with E-state index in [0.717, 1.165) is 23.8 Å². The summed E-state index contributed by atoms with van der Waals surface area (Å²) in [6.07, 6.45) is 0.203. The molecule has 0 spiro atoms. The second-order valence-corrected chi connectivity index (χ2v) is 5.93. The molecule has 0 aliphatic carbocycles. The minimum Gasteiger partial charge on any atom is -0.481 e. The van der Waals surface area contributed by atoms with Crippen LogP contribution in [0, 0.1) is 0 Å². The predicted octanol–water partition coefficient (Wildman–Crippen LogP) is 2.43. The van der Waals surface area contributed by atoms with Crippen molar-refractivity contribution in [1.29, 1.82) is 0 Å². The average molecular weight is 320 g/mol. The number of halogens is 1. The van der Waals surface area contributed by atoms with Gasteiger partial charge in [-0.1, -0.05) is 0 Å². The molecule has 1 N–H and O–H groups in total. The van der Waals surface area contributed by atoms with E-state index in [1.54, 1.807) is 0 Å². The number of carboxylic acids is 1. The van der Waals surface area contributed by atoms with E-state index in [-0.39, 0.29) is 12.5 Å². The highest BCUT2D eigenvalue weighted by Gasteiger charge is 2.25. The van der Waals surface area contributed by atoms with Crippen molar-refractivity contribution in [2.75, 3.05) is 18.1 Å². The van der Waals surface area contributed by atoms with Crippen molar-refractivity contribution in [2.24, 2.45) is 0 Å². The van der Waals surface area contributed by atoms with Crippen LogP contribution < -0.4 is 0 Å². The molecule has 1 aromatic rings. The van der Waals surface area contributed by atoms with Crippen LogP contribution in [-0.4, -0.2) is 40.1 Å². The van der Waals surface area contributed by atoms with Gasteiger partial charge in [-0.2, -0.15) is 11.8 Å². The fraction of sp³-hybridized carbons (Fsp3) is 0.545. The van der Waals surface area contributed by atoms with Crippen molar-refractivity contribution in [1.82, 2.24) is 4.90 Å². The quantitative estimate of drug-likeness (QED) is 0.923. The van der Waals surface area contributed by atoms with Gasteiger partial charge in [-0.25, -0.2) is 0 Å². The van der Waals surface area contributed by atoms with Crippen LogP contribution in [0.2, 0.25) is 0 Å². The highest BCUT2D eigenvalue weighted by molar-refractivity contribution is 9.10. The van der Waals surface area contributed by atoms with Gasteiger partial charge in [0.05, 0.1) is 13.0 Å². The van der Waals surface area contributed by atoms with Gasteiger partial charge in [-0.05, 0) is 28.1 Å². The Kier molecular flexibility index (Phi) is 4.53. The van der Waals surface area contributed by atoms with Gasteiger partial charge in [-0.3, -0.25) is 9.69 Å². The second kappa shape index (κ2) is 5.93. The Morgan fingerprint density at radius 3 is 3.12 bits per heavy atom. The largest absolute Gasteiger partial charge is 0.481 e. The summed E-state index contributed by atoms with van der Waals surface area (Å²) in [6, 6.07) is 3.89. The molecule has 17 heavy (non-hydrogen) atoms. The van der Waals surface area contributed by atoms with Gasteiger partial charge < -0.3 is 9.52 Å². The third kappa shape index (κ3) is 3.76. The molecule has 4 nitrogen and oxygen atoms in total. The highest BCUT2D eigenvalue weighted by atomic mass is 79.9. The van der Waals surface area contributed by atoms with Crippen LogP contribution in [0.5, 0.6) is 0 Å². The van der Waals surface area contributed by atoms with E-state index < -0.39 is 5.97 Å². The number of nitrogens with zero attached hydrogens (tertiary/aromatic N) is 1. The van der Waals surface area contributed by atoms with Crippen LogP contribution in [0.4, 0.5) is 0 Å². The van der Waals surface area contributed by atoms with Gasteiger partial charge >= 0.3 is 5.97 Å². The lowest BCUT2D eigenvalue weighted by Gasteiger charge is -2.33. The number of rotatable bonds is 4. The van der Waals surface area contributed by atoms with Crippen molar-refractivity contribution < 1.29 is 14.3 Å². The Bertz CT molecular complexity index is 396. The zero-order chi connectivity index (χ0) is 12.3. The van der Waals surface area contributed by atoms with Gasteiger partial charge in [0.15, 0.2) is 4.67 Å². The number of furan rings is 1. The predicted molar refractivity (Wildman–Crippen MR) is 70.2 cm³/mol. The van der Waals surface area contributed by atoms with Gasteiger partial charge in [0.25, 0.3) is 0 Å². The van der Waals surface area contributed by atoms with Gasteiger partial charge in [0.2, 0.25) is 0 Å². The molecule has 1 unspecified atom stereocenters. The van der Waals surface area contributed by atoms with Crippen LogP contribution in [0.3, 0.4) is 0 Å². The van der Waals surface area contributed by atoms with Crippen molar-refractivity contribution in [3.05, 3.63) is 22.6 Å². The number of hydrogen-bond acceptors (Lipinski definition) is 4. The molecule has 2 heterocycles. The molecule has 1 fully saturated rings. The summed E-state index contributed by atoms with van der Waals surface area (Å²) in [5.41, 5.74) is 0. The summed E-state index contributed by atoms with van der Waals surface area (Å²) in [5.74, 6) is 2.08. The fourth-order valence-corrected chi connectivity index (χ4v) is 3.39. The monoisotopic (exact) mass is 319 g/mol. The first-order valence-electron chi connectivity index (χ1n) is 5.43. The molecule has 0 radical (unpaired) electrons. The van der Waals surface area contributed by atoms with E-state index in [1.165, 1.54) is 0 Å². The first-order valence-corrected chi connectivity index (χ1v) is 7.37. The number of carboxylic acid groups (broad SMARTS) is 1. The number of thioether (sulfide) groups is 1. The summed E-state index contributed by atoms with van der Waals surface area (Å²) in [7, 11) is 0. The standard InChI is InChI=1S/C11H14BrNO3S/c12-10-2-1-9(16-10)6-13-3-4-17-7-8(13)5-11(14)15/h1-2,8H,3-7H2,(H,14,15). The SMILES string of the molecule is O=C(O)CC1CSCCN1Cc1ccc(Br)o1. The molecule has 0 bridgehead atoms. The Balaban J connectivity index is 1.98. The Hall–Kier alpha value is -0.460. The van der Waals surface area contributed by atoms with Crippen LogP contribution in [0.1, 0.15) is 12.2 Å². The molecule has 1 aliphatic rings. The molecule has 0 amide bonds. The second-order valence-electron chi connectivity index (χ2n) is 4.00. The topological polar surface area (TPSA) is 53.7 Å². The molecule has 1 atom stereocenters. The minimum absolute atomic E-state index is 0.107. The van der Waals surface area contributed by atoms with Crippen LogP contribution >= 0.6 is 27.7 Å². The van der Waals surface area contributed by atoms with Crippen molar-refractivity contribution in [3.8, 4) is 0 Å². The molecule has 1 aromatic heterocycles. The summed E-state index contributed by atoms with van der Waals surface area (Å²) in [6.45, 7) is 1.60. The van der Waals surface area contributed by atoms with E-state index in [4.69, 9.17) is 9.52 Å². The number of hydrogen-bond donors (Lipinski definition) is 1. The lowest BCUT2D eigenvalue weighted by Crippen LogP contribution is -2.42. The molecule has 0 aromatic carbocycles. The average Bonchev–Trinajstić information content (AvgIpc) is 2.66. The maximum atomic E-state index is 10.8. The van der Waals surface area contributed by atoms with Gasteiger partial charge in [0, 0.05) is 24.1 Å². The summed E-state index contributed by atoms with van der Waals surface area (Å²) in [5, 5.41) is 8.89. The highest BCUT2D eigenvalue weighted by Crippen LogP contribution is 2.23. The van der Waals surface area contributed by atoms with E-state index in [0.29, 0.717) is 11.2 Å². The molecule has 0 saturated carbocycles. The lowest BCUT2D eigenvalue weighted by atomic mass is 10.2. The van der Waals surface area contributed by atoms with E-state index in [9.17, 15) is 4.79 Å². The lowest BCUT2D eigenvalue weighted by molar-refractivity contribution is -0.138. The van der Waals surface area contributed by atoms with Crippen LogP contribution in [-0.2, 0) is 11.3 Å². The molecule has 6 heteroatoms. The Morgan fingerprint density at radius 1 is 1.65 bits per heavy atom. The van der Waals surface area contributed by atoms with Crippen molar-refractivity contribution in [3.63, 3.8) is 0 Å². The molecule has 1 saturated heterocycles.